The summed E-state index contributed by atoms with van der Waals surface area (Å²) in [5.74, 6) is 0.368. The third kappa shape index (κ3) is 5.12. The number of fused-ring (bicyclic) bond motifs is 1. The first-order chi connectivity index (χ1) is 15.0. The van der Waals surface area contributed by atoms with Gasteiger partial charge in [-0.25, -0.2) is 0 Å². The molecule has 0 aliphatic rings. The van der Waals surface area contributed by atoms with Crippen LogP contribution in [0.15, 0.2) is 42.5 Å². The Bertz CT molecular complexity index is 1100. The molecule has 1 unspecified atom stereocenters. The van der Waals surface area contributed by atoms with Crippen molar-refractivity contribution in [3.8, 4) is 5.75 Å². The molecule has 1 heterocycles. The van der Waals surface area contributed by atoms with Crippen molar-refractivity contribution in [3.05, 3.63) is 64.3 Å². The largest absolute Gasteiger partial charge is 0.488 e. The summed E-state index contributed by atoms with van der Waals surface area (Å²) in [6.45, 7) is 12.7. The minimum Gasteiger partial charge on any atom is -0.488 e. The SMILES string of the molecule is CCC(C)Oc1c(CC(C)(C)C(=O)O)n(Cc2ccc(Cl)cc2)c2ccc(C(C)C)cc12. The molecular formula is C27H34ClNO3. The van der Waals surface area contributed by atoms with E-state index in [2.05, 4.69) is 50.5 Å². The monoisotopic (exact) mass is 455 g/mol. The van der Waals surface area contributed by atoms with Crippen molar-refractivity contribution in [2.24, 2.45) is 5.41 Å². The van der Waals surface area contributed by atoms with Gasteiger partial charge in [-0.3, -0.25) is 4.79 Å². The number of aliphatic carboxylic acids is 1. The van der Waals surface area contributed by atoms with Crippen LogP contribution in [-0.4, -0.2) is 21.7 Å². The van der Waals surface area contributed by atoms with Crippen molar-refractivity contribution in [1.29, 1.82) is 0 Å². The number of rotatable bonds is 9. The number of nitrogens with zero attached hydrogens (tertiary/aromatic N) is 1. The standard InChI is InChI=1S/C27H34ClNO3/c1-7-18(4)32-25-22-14-20(17(2)3)10-13-23(22)29(16-19-8-11-21(28)12-9-19)24(25)15-27(5,6)26(30)31/h8-14,17-18H,7,15-16H2,1-6H3,(H,30,31). The summed E-state index contributed by atoms with van der Waals surface area (Å²) >= 11 is 6.10. The normalized spacial score (nSPS) is 13.0. The molecule has 0 bridgehead atoms. The Morgan fingerprint density at radius 2 is 1.78 bits per heavy atom. The third-order valence-electron chi connectivity index (χ3n) is 6.15. The lowest BCUT2D eigenvalue weighted by atomic mass is 9.87. The van der Waals surface area contributed by atoms with Crippen molar-refractivity contribution in [1.82, 2.24) is 4.57 Å². The Balaban J connectivity index is 2.27. The fourth-order valence-corrected chi connectivity index (χ4v) is 3.92. The van der Waals surface area contributed by atoms with Crippen molar-refractivity contribution >= 4 is 28.5 Å². The third-order valence-corrected chi connectivity index (χ3v) is 6.40. The average molecular weight is 456 g/mol. The first kappa shape index (κ1) is 24.2. The van der Waals surface area contributed by atoms with Crippen LogP contribution < -0.4 is 4.74 Å². The Kier molecular flexibility index (Phi) is 7.24. The maximum atomic E-state index is 12.0. The van der Waals surface area contributed by atoms with E-state index in [-0.39, 0.29) is 6.10 Å². The van der Waals surface area contributed by atoms with Crippen molar-refractivity contribution in [2.75, 3.05) is 0 Å². The summed E-state index contributed by atoms with van der Waals surface area (Å²) < 4.78 is 8.68. The van der Waals surface area contributed by atoms with Crippen molar-refractivity contribution < 1.29 is 14.6 Å². The lowest BCUT2D eigenvalue weighted by Gasteiger charge is -2.23. The Labute approximate surface area is 196 Å². The van der Waals surface area contributed by atoms with Crippen molar-refractivity contribution in [3.63, 3.8) is 0 Å². The minimum absolute atomic E-state index is 0.0268. The molecule has 5 heteroatoms. The Hall–Kier alpha value is -2.46. The first-order valence-corrected chi connectivity index (χ1v) is 11.7. The predicted octanol–water partition coefficient (Wildman–Crippen LogP) is 7.30. The summed E-state index contributed by atoms with van der Waals surface area (Å²) in [5, 5.41) is 11.6. The molecule has 0 spiro atoms. The lowest BCUT2D eigenvalue weighted by Crippen LogP contribution is -2.28. The summed E-state index contributed by atoms with van der Waals surface area (Å²) in [6.07, 6.45) is 1.27. The molecule has 0 fully saturated rings. The second-order valence-electron chi connectivity index (χ2n) is 9.62. The van der Waals surface area contributed by atoms with Gasteiger partial charge in [0.1, 0.15) is 5.75 Å². The Morgan fingerprint density at radius 3 is 2.34 bits per heavy atom. The highest BCUT2D eigenvalue weighted by Gasteiger charge is 2.32. The van der Waals surface area contributed by atoms with Crippen LogP contribution in [-0.2, 0) is 17.8 Å². The zero-order chi connectivity index (χ0) is 23.6. The maximum absolute atomic E-state index is 12.0. The van der Waals surface area contributed by atoms with Crippen LogP contribution >= 0.6 is 11.6 Å². The van der Waals surface area contributed by atoms with E-state index in [0.29, 0.717) is 23.9 Å². The number of carbonyl (C=O) groups is 1. The summed E-state index contributed by atoms with van der Waals surface area (Å²) in [5.41, 5.74) is 3.38. The Morgan fingerprint density at radius 1 is 1.12 bits per heavy atom. The maximum Gasteiger partial charge on any atom is 0.309 e. The van der Waals surface area contributed by atoms with Gasteiger partial charge < -0.3 is 14.4 Å². The molecule has 172 valence electrons. The van der Waals surface area contributed by atoms with Crippen LogP contribution in [0, 0.1) is 5.41 Å². The average Bonchev–Trinajstić information content (AvgIpc) is 3.00. The molecule has 0 amide bonds. The van der Waals surface area contributed by atoms with Gasteiger partial charge in [-0.05, 0) is 68.5 Å². The summed E-state index contributed by atoms with van der Waals surface area (Å²) in [7, 11) is 0. The van der Waals surface area contributed by atoms with E-state index in [1.165, 1.54) is 5.56 Å². The lowest BCUT2D eigenvalue weighted by molar-refractivity contribution is -0.146. The summed E-state index contributed by atoms with van der Waals surface area (Å²) in [4.78, 5) is 12.0. The van der Waals surface area contributed by atoms with Crippen LogP contribution in [0.4, 0.5) is 0 Å². The molecule has 1 N–H and O–H groups in total. The molecule has 0 saturated heterocycles. The molecule has 3 aromatic rings. The van der Waals surface area contributed by atoms with Gasteiger partial charge in [0.05, 0.1) is 22.7 Å². The van der Waals surface area contributed by atoms with E-state index in [1.807, 2.05) is 24.3 Å². The van der Waals surface area contributed by atoms with Crippen molar-refractivity contribution in [2.45, 2.75) is 73.0 Å². The highest BCUT2D eigenvalue weighted by Crippen LogP contribution is 2.40. The van der Waals surface area contributed by atoms with Crippen LogP contribution in [0.3, 0.4) is 0 Å². The molecule has 3 rings (SSSR count). The molecule has 0 aliphatic heterocycles. The van der Waals surface area contributed by atoms with E-state index in [0.717, 1.165) is 34.3 Å². The van der Waals surface area contributed by atoms with Crippen LogP contribution in [0.25, 0.3) is 10.9 Å². The highest BCUT2D eigenvalue weighted by molar-refractivity contribution is 6.30. The molecule has 0 radical (unpaired) electrons. The molecule has 1 aromatic heterocycles. The molecule has 0 aliphatic carbocycles. The van der Waals surface area contributed by atoms with Crippen LogP contribution in [0.2, 0.25) is 5.02 Å². The quantitative estimate of drug-likeness (QED) is 0.368. The zero-order valence-corrected chi connectivity index (χ0v) is 20.7. The molecule has 32 heavy (non-hydrogen) atoms. The number of benzene rings is 2. The van der Waals surface area contributed by atoms with Gasteiger partial charge in [0.15, 0.2) is 0 Å². The highest BCUT2D eigenvalue weighted by atomic mass is 35.5. The first-order valence-electron chi connectivity index (χ1n) is 11.3. The topological polar surface area (TPSA) is 51.5 Å². The number of ether oxygens (including phenoxy) is 1. The number of hydrogen-bond acceptors (Lipinski definition) is 2. The molecular weight excluding hydrogens is 422 g/mol. The fraction of sp³-hybridized carbons (Fsp3) is 0.444. The number of halogens is 1. The second kappa shape index (κ2) is 9.58. The van der Waals surface area contributed by atoms with Gasteiger partial charge >= 0.3 is 5.97 Å². The van der Waals surface area contributed by atoms with Gasteiger partial charge in [-0.15, -0.1) is 0 Å². The number of carboxylic acid groups (broad SMARTS) is 1. The van der Waals surface area contributed by atoms with E-state index in [1.54, 1.807) is 13.8 Å². The number of carboxylic acids is 1. The zero-order valence-electron chi connectivity index (χ0n) is 19.9. The summed E-state index contributed by atoms with van der Waals surface area (Å²) in [6, 6.07) is 14.3. The van der Waals surface area contributed by atoms with E-state index in [9.17, 15) is 9.90 Å². The van der Waals surface area contributed by atoms with Gasteiger partial charge in [0.2, 0.25) is 0 Å². The number of hydrogen-bond donors (Lipinski definition) is 1. The molecule has 2 aromatic carbocycles. The van der Waals surface area contributed by atoms with Gasteiger partial charge in [-0.1, -0.05) is 50.6 Å². The number of aromatic nitrogens is 1. The van der Waals surface area contributed by atoms with Crippen LogP contribution in [0.1, 0.15) is 70.7 Å². The van der Waals surface area contributed by atoms with E-state index in [4.69, 9.17) is 16.3 Å². The van der Waals surface area contributed by atoms with E-state index < -0.39 is 11.4 Å². The fourth-order valence-electron chi connectivity index (χ4n) is 3.79. The second-order valence-corrected chi connectivity index (χ2v) is 10.1. The van der Waals surface area contributed by atoms with Crippen LogP contribution in [0.5, 0.6) is 5.75 Å². The van der Waals surface area contributed by atoms with Gasteiger partial charge in [0.25, 0.3) is 0 Å². The molecule has 4 nitrogen and oxygen atoms in total. The van der Waals surface area contributed by atoms with Gasteiger partial charge in [0, 0.05) is 23.4 Å². The predicted molar refractivity (Wildman–Crippen MR) is 132 cm³/mol. The van der Waals surface area contributed by atoms with E-state index >= 15 is 0 Å². The van der Waals surface area contributed by atoms with Gasteiger partial charge in [-0.2, -0.15) is 0 Å². The molecule has 1 atom stereocenters. The molecule has 0 saturated carbocycles. The smallest absolute Gasteiger partial charge is 0.309 e. The minimum atomic E-state index is -0.930.